The highest BCUT2D eigenvalue weighted by Gasteiger charge is 2.35. The SMILES string of the molecule is Oc1c(Cl)cc(Cl)cc1CNC1CCN2CCCCC12. The van der Waals surface area contributed by atoms with E-state index in [0.29, 0.717) is 28.7 Å². The topological polar surface area (TPSA) is 35.5 Å². The lowest BCUT2D eigenvalue weighted by Crippen LogP contribution is -2.44. The summed E-state index contributed by atoms with van der Waals surface area (Å²) in [5.74, 6) is 0.141. The molecule has 2 aliphatic rings. The highest BCUT2D eigenvalue weighted by Crippen LogP contribution is 2.32. The minimum atomic E-state index is 0.141. The van der Waals surface area contributed by atoms with Gasteiger partial charge in [-0.25, -0.2) is 0 Å². The number of hydrogen-bond donors (Lipinski definition) is 2. The Bertz CT molecular complexity index is 495. The van der Waals surface area contributed by atoms with E-state index in [2.05, 4.69) is 10.2 Å². The fourth-order valence-corrected chi connectivity index (χ4v) is 4.02. The van der Waals surface area contributed by atoms with Crippen LogP contribution in [0.25, 0.3) is 0 Å². The van der Waals surface area contributed by atoms with Gasteiger partial charge in [0.05, 0.1) is 5.02 Å². The summed E-state index contributed by atoms with van der Waals surface area (Å²) < 4.78 is 0. The van der Waals surface area contributed by atoms with Crippen LogP contribution in [0.5, 0.6) is 5.75 Å². The van der Waals surface area contributed by atoms with E-state index in [0.717, 1.165) is 5.56 Å². The van der Waals surface area contributed by atoms with Crippen molar-refractivity contribution in [2.75, 3.05) is 13.1 Å². The number of halogens is 2. The molecule has 2 fully saturated rings. The van der Waals surface area contributed by atoms with Gasteiger partial charge in [-0.2, -0.15) is 0 Å². The van der Waals surface area contributed by atoms with Crippen LogP contribution in [0, 0.1) is 0 Å². The summed E-state index contributed by atoms with van der Waals surface area (Å²) in [6, 6.07) is 4.51. The number of aromatic hydroxyl groups is 1. The number of hydrogen-bond acceptors (Lipinski definition) is 3. The molecule has 3 rings (SSSR count). The van der Waals surface area contributed by atoms with Crippen molar-refractivity contribution in [3.05, 3.63) is 27.7 Å². The molecule has 110 valence electrons. The summed E-state index contributed by atoms with van der Waals surface area (Å²) >= 11 is 12.0. The molecule has 0 amide bonds. The van der Waals surface area contributed by atoms with Crippen molar-refractivity contribution in [3.8, 4) is 5.75 Å². The number of phenolic OH excluding ortho intramolecular Hbond substituents is 1. The third kappa shape index (κ3) is 2.91. The summed E-state index contributed by atoms with van der Waals surface area (Å²) in [7, 11) is 0. The summed E-state index contributed by atoms with van der Waals surface area (Å²) in [4.78, 5) is 2.59. The van der Waals surface area contributed by atoms with Crippen molar-refractivity contribution in [3.63, 3.8) is 0 Å². The van der Waals surface area contributed by atoms with Crippen LogP contribution < -0.4 is 5.32 Å². The molecule has 0 aromatic heterocycles. The molecule has 2 aliphatic heterocycles. The Kier molecular flexibility index (Phi) is 4.41. The van der Waals surface area contributed by atoms with Gasteiger partial charge >= 0.3 is 0 Å². The maximum absolute atomic E-state index is 9.99. The van der Waals surface area contributed by atoms with Crippen molar-refractivity contribution in [2.24, 2.45) is 0 Å². The van der Waals surface area contributed by atoms with Crippen LogP contribution in [-0.4, -0.2) is 35.2 Å². The quantitative estimate of drug-likeness (QED) is 0.897. The largest absolute Gasteiger partial charge is 0.506 e. The Morgan fingerprint density at radius 2 is 2.05 bits per heavy atom. The van der Waals surface area contributed by atoms with E-state index in [4.69, 9.17) is 23.2 Å². The predicted octanol–water partition coefficient (Wildman–Crippen LogP) is 3.42. The monoisotopic (exact) mass is 314 g/mol. The average molecular weight is 315 g/mol. The van der Waals surface area contributed by atoms with Crippen molar-refractivity contribution in [1.82, 2.24) is 10.2 Å². The number of rotatable bonds is 3. The molecule has 3 nitrogen and oxygen atoms in total. The minimum Gasteiger partial charge on any atom is -0.506 e. The first-order valence-electron chi connectivity index (χ1n) is 7.29. The van der Waals surface area contributed by atoms with Gasteiger partial charge in [0.15, 0.2) is 0 Å². The Hall–Kier alpha value is -0.480. The number of fused-ring (bicyclic) bond motifs is 1. The van der Waals surface area contributed by atoms with Gasteiger partial charge in [-0.05, 0) is 37.9 Å². The number of nitrogens with zero attached hydrogens (tertiary/aromatic N) is 1. The lowest BCUT2D eigenvalue weighted by Gasteiger charge is -2.32. The zero-order valence-corrected chi connectivity index (χ0v) is 12.9. The van der Waals surface area contributed by atoms with Crippen LogP contribution in [0.15, 0.2) is 12.1 Å². The van der Waals surface area contributed by atoms with Gasteiger partial charge in [0.25, 0.3) is 0 Å². The van der Waals surface area contributed by atoms with E-state index in [9.17, 15) is 5.11 Å². The molecule has 2 unspecified atom stereocenters. The first-order chi connectivity index (χ1) is 9.65. The predicted molar refractivity (Wildman–Crippen MR) is 82.6 cm³/mol. The van der Waals surface area contributed by atoms with Gasteiger partial charge in [-0.1, -0.05) is 29.6 Å². The smallest absolute Gasteiger partial charge is 0.138 e. The lowest BCUT2D eigenvalue weighted by molar-refractivity contribution is 0.180. The number of nitrogens with one attached hydrogen (secondary N) is 1. The summed E-state index contributed by atoms with van der Waals surface area (Å²) in [6.07, 6.45) is 5.11. The van der Waals surface area contributed by atoms with Gasteiger partial charge < -0.3 is 10.4 Å². The third-order valence-corrected chi connectivity index (χ3v) is 5.02. The highest BCUT2D eigenvalue weighted by atomic mass is 35.5. The van der Waals surface area contributed by atoms with Crippen LogP contribution in [0.4, 0.5) is 0 Å². The molecule has 0 spiro atoms. The second kappa shape index (κ2) is 6.10. The van der Waals surface area contributed by atoms with Crippen molar-refractivity contribution in [1.29, 1.82) is 0 Å². The summed E-state index contributed by atoms with van der Waals surface area (Å²) in [5.41, 5.74) is 0.775. The van der Waals surface area contributed by atoms with Gasteiger partial charge in [0.2, 0.25) is 0 Å². The second-order valence-electron chi connectivity index (χ2n) is 5.77. The fraction of sp³-hybridized carbons (Fsp3) is 0.600. The number of phenols is 1. The van der Waals surface area contributed by atoms with Crippen LogP contribution >= 0.6 is 23.2 Å². The van der Waals surface area contributed by atoms with Crippen molar-refractivity contribution in [2.45, 2.75) is 44.3 Å². The molecule has 1 aromatic carbocycles. The van der Waals surface area contributed by atoms with Gasteiger partial charge in [0, 0.05) is 35.8 Å². The molecule has 2 N–H and O–H groups in total. The number of piperidine rings is 1. The van der Waals surface area contributed by atoms with E-state index >= 15 is 0 Å². The van der Waals surface area contributed by atoms with E-state index in [1.165, 1.54) is 38.8 Å². The molecule has 2 atom stereocenters. The first-order valence-corrected chi connectivity index (χ1v) is 8.05. The highest BCUT2D eigenvalue weighted by molar-refractivity contribution is 6.35. The zero-order valence-electron chi connectivity index (χ0n) is 11.4. The van der Waals surface area contributed by atoms with Gasteiger partial charge in [0.1, 0.15) is 5.75 Å². The van der Waals surface area contributed by atoms with Crippen LogP contribution in [-0.2, 0) is 6.54 Å². The van der Waals surface area contributed by atoms with Gasteiger partial charge in [-0.15, -0.1) is 0 Å². The maximum Gasteiger partial charge on any atom is 0.138 e. The molecule has 0 aliphatic carbocycles. The Balaban J connectivity index is 1.65. The number of benzene rings is 1. The Labute approximate surface area is 129 Å². The molecule has 2 saturated heterocycles. The van der Waals surface area contributed by atoms with Gasteiger partial charge in [-0.3, -0.25) is 4.90 Å². The molecule has 0 bridgehead atoms. The van der Waals surface area contributed by atoms with Crippen molar-refractivity contribution >= 4 is 23.2 Å². The maximum atomic E-state index is 9.99. The molecular weight excluding hydrogens is 295 g/mol. The second-order valence-corrected chi connectivity index (χ2v) is 6.61. The molecular formula is C15H20Cl2N2O. The fourth-order valence-electron chi connectivity index (χ4n) is 3.48. The summed E-state index contributed by atoms with van der Waals surface area (Å²) in [5, 5.41) is 14.4. The molecule has 0 saturated carbocycles. The molecule has 2 heterocycles. The Morgan fingerprint density at radius 1 is 1.20 bits per heavy atom. The van der Waals surface area contributed by atoms with E-state index < -0.39 is 0 Å². The normalized spacial score (nSPS) is 26.7. The molecule has 0 radical (unpaired) electrons. The lowest BCUT2D eigenvalue weighted by atomic mass is 9.99. The third-order valence-electron chi connectivity index (χ3n) is 4.52. The van der Waals surface area contributed by atoms with Crippen molar-refractivity contribution < 1.29 is 5.11 Å². The molecule has 20 heavy (non-hydrogen) atoms. The molecule has 1 aromatic rings. The van der Waals surface area contributed by atoms with E-state index in [1.54, 1.807) is 12.1 Å². The van der Waals surface area contributed by atoms with Crippen LogP contribution in [0.1, 0.15) is 31.2 Å². The van der Waals surface area contributed by atoms with E-state index in [-0.39, 0.29) is 5.75 Å². The van der Waals surface area contributed by atoms with E-state index in [1.807, 2.05) is 0 Å². The first kappa shape index (κ1) is 14.5. The standard InChI is InChI=1S/C15H20Cl2N2O/c16-11-7-10(15(20)12(17)8-11)9-18-13-4-6-19-5-2-1-3-14(13)19/h7-8,13-14,18,20H,1-6,9H2. The van der Waals surface area contributed by atoms with Crippen LogP contribution in [0.2, 0.25) is 10.0 Å². The zero-order chi connectivity index (χ0) is 14.1. The molecule has 5 heteroatoms. The Morgan fingerprint density at radius 3 is 2.90 bits per heavy atom. The minimum absolute atomic E-state index is 0.141. The van der Waals surface area contributed by atoms with Crippen LogP contribution in [0.3, 0.4) is 0 Å². The summed E-state index contributed by atoms with van der Waals surface area (Å²) in [6.45, 7) is 3.03. The average Bonchev–Trinajstić information content (AvgIpc) is 2.84.